The molecule has 0 saturated heterocycles. The number of ether oxygens (including phenoxy) is 1. The molecule has 66 heavy (non-hydrogen) atoms. The van der Waals surface area contributed by atoms with Gasteiger partial charge in [-0.2, -0.15) is 0 Å². The highest BCUT2D eigenvalue weighted by Crippen LogP contribution is 2.31. The molecular formula is C42H16BF20NO2. The van der Waals surface area contributed by atoms with E-state index in [-0.39, 0.29) is 5.97 Å². The fourth-order valence-electron chi connectivity index (χ4n) is 7.31. The van der Waals surface area contributed by atoms with E-state index in [1.165, 1.54) is 17.9 Å². The van der Waals surface area contributed by atoms with E-state index in [0.29, 0.717) is 12.1 Å². The Kier molecular flexibility index (Phi) is 13.2. The molecule has 7 aromatic rings. The first kappa shape index (κ1) is 48.3. The molecular weight excluding hydrogens is 941 g/mol. The largest absolute Gasteiger partial charge is 0.465 e. The number of nitrogens with zero attached hydrogens (tertiary/aromatic N) is 1. The molecule has 0 aliphatic heterocycles. The van der Waals surface area contributed by atoms with Gasteiger partial charge in [-0.1, -0.05) is 36.4 Å². The summed E-state index contributed by atoms with van der Waals surface area (Å²) in [6.45, 7) is 0.635. The summed E-state index contributed by atoms with van der Waals surface area (Å²) in [4.78, 5) is 11.8. The molecule has 344 valence electrons. The highest BCUT2D eigenvalue weighted by atomic mass is 19.2. The maximum absolute atomic E-state index is 15.4. The molecule has 0 amide bonds. The Hall–Kier alpha value is -7.14. The molecule has 0 unspecified atom stereocenters. The summed E-state index contributed by atoms with van der Waals surface area (Å²) >= 11 is 0. The number of benzene rings is 6. The molecule has 0 aliphatic rings. The summed E-state index contributed by atoms with van der Waals surface area (Å²) in [6, 6.07) is 17.8. The summed E-state index contributed by atoms with van der Waals surface area (Å²) in [5.74, 6) is -71.7. The molecule has 0 N–H and O–H groups in total. The SMILES string of the molecule is COC(=O)c1ccccc1C[n+]1ccc2ccccc2c1.Fc1c(F)c(F)c([B-](c2c(F)c(F)c(F)c(F)c2F)(c2c(F)c(F)c(F)c(F)c2F)c2c(F)c(F)c(F)c(F)c2F)c(F)c1F. The van der Waals surface area contributed by atoms with E-state index in [1.807, 2.05) is 36.5 Å². The van der Waals surface area contributed by atoms with Gasteiger partial charge in [-0.3, -0.25) is 0 Å². The number of carbonyl (C=O) groups is 1. The van der Waals surface area contributed by atoms with Gasteiger partial charge < -0.3 is 4.74 Å². The Morgan fingerprint density at radius 3 is 1.03 bits per heavy atom. The predicted octanol–water partition coefficient (Wildman–Crippen LogP) is 8.81. The van der Waals surface area contributed by atoms with Crippen molar-refractivity contribution in [2.24, 2.45) is 0 Å². The third-order valence-electron chi connectivity index (χ3n) is 10.2. The van der Waals surface area contributed by atoms with Crippen LogP contribution >= 0.6 is 0 Å². The number of esters is 1. The van der Waals surface area contributed by atoms with Crippen LogP contribution < -0.4 is 26.4 Å². The second-order valence-corrected chi connectivity index (χ2v) is 13.7. The molecule has 1 aromatic heterocycles. The maximum Gasteiger partial charge on any atom is 0.338 e. The van der Waals surface area contributed by atoms with Crippen molar-refractivity contribution in [1.29, 1.82) is 0 Å². The van der Waals surface area contributed by atoms with Crippen molar-refractivity contribution >= 4 is 44.7 Å². The van der Waals surface area contributed by atoms with Crippen LogP contribution in [0.15, 0.2) is 67.0 Å². The van der Waals surface area contributed by atoms with Crippen LogP contribution in [0, 0.1) is 116 Å². The zero-order chi connectivity index (χ0) is 49.0. The highest BCUT2D eigenvalue weighted by Gasteiger charge is 2.52. The van der Waals surface area contributed by atoms with Crippen molar-refractivity contribution < 1.29 is 102 Å². The van der Waals surface area contributed by atoms with E-state index < -0.39 is 144 Å². The number of hydrogen-bond donors (Lipinski definition) is 0. The van der Waals surface area contributed by atoms with E-state index in [4.69, 9.17) is 4.74 Å². The van der Waals surface area contributed by atoms with E-state index in [1.54, 1.807) is 6.07 Å². The van der Waals surface area contributed by atoms with Gasteiger partial charge in [0.15, 0.2) is 88.7 Å². The lowest BCUT2D eigenvalue weighted by molar-refractivity contribution is -0.687. The van der Waals surface area contributed by atoms with Crippen LogP contribution in [-0.4, -0.2) is 19.2 Å². The molecule has 24 heteroatoms. The molecule has 0 radical (unpaired) electrons. The van der Waals surface area contributed by atoms with Gasteiger partial charge in [0.2, 0.25) is 0 Å². The quantitative estimate of drug-likeness (QED) is 0.0400. The first-order chi connectivity index (χ1) is 31.0. The van der Waals surface area contributed by atoms with Crippen LogP contribution in [0.4, 0.5) is 87.8 Å². The Balaban J connectivity index is 0.000000284. The van der Waals surface area contributed by atoms with Gasteiger partial charge in [0.25, 0.3) is 0 Å². The van der Waals surface area contributed by atoms with Crippen molar-refractivity contribution in [3.8, 4) is 0 Å². The molecule has 0 saturated carbocycles. The molecule has 0 atom stereocenters. The average Bonchev–Trinajstić information content (AvgIpc) is 3.31. The summed E-state index contributed by atoms with van der Waals surface area (Å²) in [6.07, 6.45) is -3.11. The Labute approximate surface area is 354 Å². The molecule has 7 rings (SSSR count). The van der Waals surface area contributed by atoms with E-state index in [2.05, 4.69) is 29.0 Å². The number of rotatable bonds is 7. The van der Waals surface area contributed by atoms with Crippen molar-refractivity contribution in [2.75, 3.05) is 7.11 Å². The van der Waals surface area contributed by atoms with Gasteiger partial charge in [0, 0.05) is 17.0 Å². The van der Waals surface area contributed by atoms with Crippen LogP contribution in [0.1, 0.15) is 15.9 Å². The van der Waals surface area contributed by atoms with Gasteiger partial charge in [0.05, 0.1) is 12.7 Å². The smallest absolute Gasteiger partial charge is 0.338 e. The number of halogens is 20. The number of methoxy groups -OCH3 is 1. The fourth-order valence-corrected chi connectivity index (χ4v) is 7.31. The van der Waals surface area contributed by atoms with Gasteiger partial charge in [-0.15, -0.1) is 21.9 Å². The Bertz CT molecular complexity index is 2760. The maximum atomic E-state index is 15.4. The average molecular weight is 957 g/mol. The number of aromatic nitrogens is 1. The van der Waals surface area contributed by atoms with Crippen LogP contribution in [0.5, 0.6) is 0 Å². The van der Waals surface area contributed by atoms with Gasteiger partial charge >= 0.3 is 5.97 Å². The fraction of sp³-hybridized carbons (Fsp3) is 0.0476. The minimum atomic E-state index is -7.22. The van der Waals surface area contributed by atoms with Crippen LogP contribution in [0.2, 0.25) is 0 Å². The van der Waals surface area contributed by atoms with Crippen molar-refractivity contribution in [3.63, 3.8) is 0 Å². The Morgan fingerprint density at radius 1 is 0.409 bits per heavy atom. The van der Waals surface area contributed by atoms with Gasteiger partial charge in [0.1, 0.15) is 52.7 Å². The lowest BCUT2D eigenvalue weighted by atomic mass is 9.12. The van der Waals surface area contributed by atoms with E-state index in [0.717, 1.165) is 5.56 Å². The standard InChI is InChI=1S/C24BF20.C18H16NO2/c26-5-1(6(27)14(35)21(42)13(5)34)25(2-7(28)15(36)22(43)16(37)8(2)29,3-9(30)17(38)23(44)18(39)10(3)31)4-11(32)19(40)24(45)20(41)12(4)33;1-21-18(20)17-9-5-4-8-16(17)13-19-11-10-14-6-2-3-7-15(14)12-19/h;2-12H,13H2,1H3/q-1;+1. The van der Waals surface area contributed by atoms with Crippen molar-refractivity contribution in [3.05, 3.63) is 194 Å². The minimum Gasteiger partial charge on any atom is -0.465 e. The topological polar surface area (TPSA) is 30.2 Å². The van der Waals surface area contributed by atoms with Crippen LogP contribution in [-0.2, 0) is 11.3 Å². The minimum absolute atomic E-state index is 0.299. The van der Waals surface area contributed by atoms with Crippen LogP contribution in [0.3, 0.4) is 0 Å². The normalized spacial score (nSPS) is 11.5. The van der Waals surface area contributed by atoms with Crippen LogP contribution in [0.25, 0.3) is 10.8 Å². The summed E-state index contributed by atoms with van der Waals surface area (Å²) in [7, 11) is 1.41. The highest BCUT2D eigenvalue weighted by molar-refractivity contribution is 7.20. The van der Waals surface area contributed by atoms with Gasteiger partial charge in [-0.05, 0) is 17.5 Å². The zero-order valence-electron chi connectivity index (χ0n) is 32.0. The number of fused-ring (bicyclic) bond motifs is 1. The molecule has 0 bridgehead atoms. The summed E-state index contributed by atoms with van der Waals surface area (Å²) in [5, 5.41) is 2.38. The molecule has 0 spiro atoms. The number of hydrogen-bond acceptors (Lipinski definition) is 2. The molecule has 0 fully saturated rings. The predicted molar refractivity (Wildman–Crippen MR) is 190 cm³/mol. The lowest BCUT2D eigenvalue weighted by Gasteiger charge is -2.44. The van der Waals surface area contributed by atoms with Crippen molar-refractivity contribution in [1.82, 2.24) is 0 Å². The molecule has 0 aliphatic carbocycles. The van der Waals surface area contributed by atoms with E-state index in [9.17, 15) is 57.5 Å². The third kappa shape index (κ3) is 7.50. The Morgan fingerprint density at radius 2 is 0.697 bits per heavy atom. The molecule has 3 nitrogen and oxygen atoms in total. The summed E-state index contributed by atoms with van der Waals surface area (Å²) in [5.41, 5.74) is -12.8. The third-order valence-corrected chi connectivity index (χ3v) is 10.2. The monoisotopic (exact) mass is 957 g/mol. The lowest BCUT2D eigenvalue weighted by Crippen LogP contribution is -2.81. The number of pyridine rings is 1. The molecule has 1 heterocycles. The van der Waals surface area contributed by atoms with E-state index >= 15 is 35.1 Å². The first-order valence-corrected chi connectivity index (χ1v) is 17.8. The summed E-state index contributed by atoms with van der Waals surface area (Å²) < 4.78 is 301. The number of carbonyl (C=O) groups excluding carboxylic acids is 1. The molecule has 6 aromatic carbocycles. The second kappa shape index (κ2) is 18.0. The first-order valence-electron chi connectivity index (χ1n) is 17.8. The zero-order valence-corrected chi connectivity index (χ0v) is 32.0. The van der Waals surface area contributed by atoms with Crippen molar-refractivity contribution in [2.45, 2.75) is 6.54 Å². The van der Waals surface area contributed by atoms with Gasteiger partial charge in [-0.25, -0.2) is 97.2 Å². The second-order valence-electron chi connectivity index (χ2n) is 13.7.